The van der Waals surface area contributed by atoms with Gasteiger partial charge in [-0.25, -0.2) is 17.8 Å². The molecule has 0 atom stereocenters. The number of sulfonamides is 1. The predicted molar refractivity (Wildman–Crippen MR) is 138 cm³/mol. The van der Waals surface area contributed by atoms with E-state index in [1.54, 1.807) is 29.2 Å². The number of aliphatic imine (C=N–C) groups is 1. The van der Waals surface area contributed by atoms with Gasteiger partial charge in [0.05, 0.1) is 21.2 Å². The number of carbonyl (C=O) groups is 1. The summed E-state index contributed by atoms with van der Waals surface area (Å²) in [6, 6.07) is 19.3. The molecule has 0 unspecified atom stereocenters. The first-order chi connectivity index (χ1) is 17.1. The Balaban J connectivity index is 1.68. The zero-order chi connectivity index (χ0) is 25.9. The topological polar surface area (TPSA) is 137 Å². The second-order valence-corrected chi connectivity index (χ2v) is 10.2. The van der Waals surface area contributed by atoms with Crippen LogP contribution in [-0.4, -0.2) is 35.2 Å². The van der Waals surface area contributed by atoms with E-state index in [0.29, 0.717) is 22.6 Å². The average Bonchev–Trinajstić information content (AvgIpc) is 3.27. The number of nitro benzene ring substituents is 1. The van der Waals surface area contributed by atoms with Gasteiger partial charge in [-0.1, -0.05) is 28.1 Å². The van der Waals surface area contributed by atoms with Crippen LogP contribution in [0.15, 0.2) is 93.4 Å². The van der Waals surface area contributed by atoms with E-state index in [9.17, 15) is 23.3 Å². The summed E-state index contributed by atoms with van der Waals surface area (Å²) in [5.41, 5.74) is 3.23. The Kier molecular flexibility index (Phi) is 7.08. The molecule has 4 rings (SSSR count). The lowest BCUT2D eigenvalue weighted by molar-refractivity contribution is -0.384. The molecule has 1 heterocycles. The van der Waals surface area contributed by atoms with E-state index in [0.717, 1.165) is 17.0 Å². The van der Waals surface area contributed by atoms with Gasteiger partial charge in [0.2, 0.25) is 5.91 Å². The summed E-state index contributed by atoms with van der Waals surface area (Å²) in [7, 11) is -3.94. The molecule has 0 aliphatic rings. The number of hydrogen-bond acceptors (Lipinski definition) is 7. The van der Waals surface area contributed by atoms with Crippen molar-refractivity contribution in [3.8, 4) is 16.9 Å². The van der Waals surface area contributed by atoms with E-state index in [2.05, 4.69) is 26.0 Å². The molecule has 0 aliphatic heterocycles. The van der Waals surface area contributed by atoms with Gasteiger partial charge >= 0.3 is 0 Å². The lowest BCUT2D eigenvalue weighted by Crippen LogP contribution is -2.28. The zero-order valence-corrected chi connectivity index (χ0v) is 21.1. The van der Waals surface area contributed by atoms with Crippen molar-refractivity contribution in [1.82, 2.24) is 14.5 Å². The van der Waals surface area contributed by atoms with E-state index in [1.165, 1.54) is 36.4 Å². The molecule has 0 saturated heterocycles. The third kappa shape index (κ3) is 5.73. The minimum Gasteiger partial charge on any atom is -0.274 e. The smallest absolute Gasteiger partial charge is 0.269 e. The first kappa shape index (κ1) is 24.9. The molecule has 12 heteroatoms. The molecule has 0 spiro atoms. The number of hydrogen-bond donors (Lipinski definition) is 1. The van der Waals surface area contributed by atoms with Crippen LogP contribution in [0.3, 0.4) is 0 Å². The molecule has 10 nitrogen and oxygen atoms in total. The van der Waals surface area contributed by atoms with Gasteiger partial charge in [0.25, 0.3) is 15.7 Å². The number of non-ortho nitro benzene ring substituents is 1. The maximum absolute atomic E-state index is 12.1. The molecule has 0 aliphatic carbocycles. The van der Waals surface area contributed by atoms with Gasteiger partial charge in [0.15, 0.2) is 0 Å². The summed E-state index contributed by atoms with van der Waals surface area (Å²) in [6.07, 6.45) is 3.35. The van der Waals surface area contributed by atoms with E-state index in [4.69, 9.17) is 0 Å². The molecule has 0 radical (unpaired) electrons. The number of carbonyl (C=O) groups excluding carboxylic acids is 1. The monoisotopic (exact) mass is 567 g/mol. The number of nitrogens with one attached hydrogen (secondary N) is 1. The average molecular weight is 568 g/mol. The van der Waals surface area contributed by atoms with Crippen LogP contribution in [0, 0.1) is 10.1 Å². The van der Waals surface area contributed by atoms with Crippen LogP contribution in [0.1, 0.15) is 12.5 Å². The molecule has 36 heavy (non-hydrogen) atoms. The number of benzene rings is 3. The van der Waals surface area contributed by atoms with E-state index in [-0.39, 0.29) is 10.6 Å². The quantitative estimate of drug-likeness (QED) is 0.194. The van der Waals surface area contributed by atoms with Crippen molar-refractivity contribution < 1.29 is 18.1 Å². The summed E-state index contributed by atoms with van der Waals surface area (Å²) in [4.78, 5) is 26.0. The van der Waals surface area contributed by atoms with Crippen molar-refractivity contribution >= 4 is 49.4 Å². The molecule has 1 amide bonds. The Morgan fingerprint density at radius 1 is 1.06 bits per heavy atom. The molecule has 182 valence electrons. The number of rotatable bonds is 7. The number of amides is 1. The van der Waals surface area contributed by atoms with Crippen molar-refractivity contribution in [3.63, 3.8) is 0 Å². The second-order valence-electron chi connectivity index (χ2n) is 7.57. The molecule has 1 N–H and O–H groups in total. The number of halogens is 1. The highest BCUT2D eigenvalue weighted by Crippen LogP contribution is 2.26. The van der Waals surface area contributed by atoms with Gasteiger partial charge in [-0.3, -0.25) is 19.9 Å². The van der Waals surface area contributed by atoms with Crippen LogP contribution in [-0.2, 0) is 14.8 Å². The molecule has 1 aromatic heterocycles. The van der Waals surface area contributed by atoms with Crippen molar-refractivity contribution in [2.45, 2.75) is 11.8 Å². The maximum atomic E-state index is 12.1. The summed E-state index contributed by atoms with van der Waals surface area (Å²) >= 11 is 3.42. The van der Waals surface area contributed by atoms with Gasteiger partial charge in [0, 0.05) is 47.1 Å². The van der Waals surface area contributed by atoms with Crippen LogP contribution in [0.4, 0.5) is 11.4 Å². The van der Waals surface area contributed by atoms with Gasteiger partial charge in [-0.2, -0.15) is 5.10 Å². The van der Waals surface area contributed by atoms with Gasteiger partial charge in [-0.15, -0.1) is 0 Å². The van der Waals surface area contributed by atoms with Crippen LogP contribution in [0.25, 0.3) is 16.9 Å². The largest absolute Gasteiger partial charge is 0.274 e. The van der Waals surface area contributed by atoms with Gasteiger partial charge in [-0.05, 0) is 48.5 Å². The van der Waals surface area contributed by atoms with Crippen molar-refractivity contribution in [3.05, 3.63) is 99.1 Å². The van der Waals surface area contributed by atoms with E-state index in [1.807, 2.05) is 29.0 Å². The third-order valence-corrected chi connectivity index (χ3v) is 6.94. The molecule has 3 aromatic carbocycles. The second kappa shape index (κ2) is 10.2. The highest BCUT2D eigenvalue weighted by Gasteiger charge is 2.15. The van der Waals surface area contributed by atoms with E-state index < -0.39 is 20.9 Å². The fraction of sp³-hybridized carbons (Fsp3) is 0.0417. The van der Waals surface area contributed by atoms with E-state index >= 15 is 0 Å². The fourth-order valence-corrected chi connectivity index (χ4v) is 4.53. The van der Waals surface area contributed by atoms with Crippen molar-refractivity contribution in [2.24, 2.45) is 4.99 Å². The summed E-state index contributed by atoms with van der Waals surface area (Å²) in [6.45, 7) is 1.12. The number of nitro groups is 1. The molecule has 0 saturated carbocycles. The number of nitrogens with zero attached hydrogens (tertiary/aromatic N) is 4. The Morgan fingerprint density at radius 3 is 2.28 bits per heavy atom. The van der Waals surface area contributed by atoms with Gasteiger partial charge < -0.3 is 0 Å². The first-order valence-electron chi connectivity index (χ1n) is 10.4. The van der Waals surface area contributed by atoms with Crippen LogP contribution >= 0.6 is 15.9 Å². The highest BCUT2D eigenvalue weighted by molar-refractivity contribution is 9.10. The Labute approximate surface area is 214 Å². The van der Waals surface area contributed by atoms with Crippen LogP contribution < -0.4 is 4.72 Å². The highest BCUT2D eigenvalue weighted by atomic mass is 79.9. The van der Waals surface area contributed by atoms with Crippen molar-refractivity contribution in [2.75, 3.05) is 0 Å². The fourth-order valence-electron chi connectivity index (χ4n) is 3.28. The standard InChI is InChI=1S/C24H18BrN5O5S/c1-16(31)28-36(34,35)23-12-6-20(7-13-23)26-14-18-15-29(21-8-10-22(11-9-21)30(32)33)27-24(18)17-2-4-19(25)5-3-17/h2-15H,1H3,(H,28,31). The SMILES string of the molecule is CC(=O)NS(=O)(=O)c1ccc(N=Cc2cn(-c3ccc([N+](=O)[O-])cc3)nc2-c2ccc(Br)cc2)cc1. The minimum absolute atomic E-state index is 0.0233. The first-order valence-corrected chi connectivity index (χ1v) is 12.7. The van der Waals surface area contributed by atoms with Crippen molar-refractivity contribution in [1.29, 1.82) is 0 Å². The minimum atomic E-state index is -3.94. The third-order valence-electron chi connectivity index (χ3n) is 4.96. The Bertz CT molecular complexity index is 1560. The number of aromatic nitrogens is 2. The zero-order valence-electron chi connectivity index (χ0n) is 18.7. The lowest BCUT2D eigenvalue weighted by Gasteiger charge is -2.04. The molecule has 4 aromatic rings. The molecule has 0 bridgehead atoms. The molecule has 0 fully saturated rings. The van der Waals surface area contributed by atoms with Gasteiger partial charge in [0.1, 0.15) is 5.69 Å². The maximum Gasteiger partial charge on any atom is 0.269 e. The Morgan fingerprint density at radius 2 is 1.69 bits per heavy atom. The molecular weight excluding hydrogens is 550 g/mol. The summed E-state index contributed by atoms with van der Waals surface area (Å²) in [5.74, 6) is -0.678. The van der Waals surface area contributed by atoms with Crippen LogP contribution in [0.5, 0.6) is 0 Å². The summed E-state index contributed by atoms with van der Waals surface area (Å²) in [5, 5.41) is 15.6. The molecular formula is C24H18BrN5O5S. The lowest BCUT2D eigenvalue weighted by atomic mass is 10.1. The summed E-state index contributed by atoms with van der Waals surface area (Å²) < 4.78 is 28.7. The van der Waals surface area contributed by atoms with Crippen LogP contribution in [0.2, 0.25) is 0 Å². The normalized spacial score (nSPS) is 11.5. The Hall–Kier alpha value is -4.16. The predicted octanol–water partition coefficient (Wildman–Crippen LogP) is 4.79.